The molecule has 7 fully saturated rings. The molecule has 0 spiro atoms. The molecule has 7 aliphatic rings. The van der Waals surface area contributed by atoms with Crippen LogP contribution in [0, 0.1) is 47.3 Å². The third-order valence-electron chi connectivity index (χ3n) is 13.8. The van der Waals surface area contributed by atoms with Crippen molar-refractivity contribution in [1.82, 2.24) is 16.0 Å². The molecule has 0 amide bonds. The minimum Gasteiger partial charge on any atom is -0.391 e. The van der Waals surface area contributed by atoms with Crippen molar-refractivity contribution in [2.45, 2.75) is 170 Å². The monoisotopic (exact) mass is 863 g/mol. The Morgan fingerprint density at radius 2 is 1.22 bits per heavy atom. The quantitative estimate of drug-likeness (QED) is 0.0834. The number of fused-ring (bicyclic) bond motifs is 4. The number of azo groups is 2. The molecule has 0 radical (unpaired) electrons. The Morgan fingerprint density at radius 1 is 0.655 bits per heavy atom. The summed E-state index contributed by atoms with van der Waals surface area (Å²) in [7, 11) is 1.25. The van der Waals surface area contributed by atoms with Crippen molar-refractivity contribution in [2.24, 2.45) is 67.8 Å². The van der Waals surface area contributed by atoms with Gasteiger partial charge in [-0.15, -0.1) is 11.6 Å². The summed E-state index contributed by atoms with van der Waals surface area (Å²) < 4.78 is 84.5. The Hall–Kier alpha value is -0.547. The van der Waals surface area contributed by atoms with Crippen LogP contribution in [-0.2, 0) is 24.2 Å². The predicted octanol–water partition coefficient (Wildman–Crippen LogP) is 7.68. The van der Waals surface area contributed by atoms with Crippen molar-refractivity contribution in [3.8, 4) is 0 Å². The number of methoxy groups -OCH3 is 1. The number of alkyl halides is 7. The Balaban J connectivity index is 0.000000208. The van der Waals surface area contributed by atoms with E-state index < -0.39 is 66.4 Å². The molecule has 312 valence electrons. The van der Waals surface area contributed by atoms with E-state index in [1.165, 1.54) is 39.2 Å². The maximum absolute atomic E-state index is 13.6. The minimum atomic E-state index is -4.48. The van der Waals surface area contributed by atoms with Gasteiger partial charge in [0.1, 0.15) is 30.5 Å². The van der Waals surface area contributed by atoms with E-state index in [1.54, 1.807) is 6.92 Å². The van der Waals surface area contributed by atoms with E-state index >= 15 is 0 Å². The zero-order chi connectivity index (χ0) is 38.8. The molecule has 2 saturated heterocycles. The fourth-order valence-corrected chi connectivity index (χ4v) is 11.5. The molecule has 5 saturated carbocycles. The number of hydrogen-bond acceptors (Lipinski definition) is 10. The average Bonchev–Trinajstić information content (AvgIpc) is 3.14. The Kier molecular flexibility index (Phi) is 16.3. The summed E-state index contributed by atoms with van der Waals surface area (Å²) in [4.78, 5) is 0. The Labute approximate surface area is 338 Å². The summed E-state index contributed by atoms with van der Waals surface area (Å²) in [6.45, 7) is 1.54. The summed E-state index contributed by atoms with van der Waals surface area (Å²) in [5.74, 6) is -0.722. The number of hydrogen-bond donors (Lipinski definition) is 5. The van der Waals surface area contributed by atoms with Gasteiger partial charge in [0, 0.05) is 33.1 Å². The Bertz CT molecular complexity index is 1270. The third-order valence-corrected chi connectivity index (χ3v) is 14.2. The average molecular weight is 866 g/mol. The van der Waals surface area contributed by atoms with Crippen LogP contribution in [0.25, 0.3) is 0 Å². The number of rotatable bonds is 5. The molecule has 18 heteroatoms. The predicted molar refractivity (Wildman–Crippen MR) is 190 cm³/mol. The van der Waals surface area contributed by atoms with E-state index in [2.05, 4.69) is 36.4 Å². The first-order chi connectivity index (χ1) is 25.7. The topological polar surface area (TPSA) is 135 Å². The molecule has 10 nitrogen and oxygen atoms in total. The van der Waals surface area contributed by atoms with Gasteiger partial charge in [-0.3, -0.25) is 16.0 Å². The first kappa shape index (κ1) is 45.5. The fraction of sp³-hybridized carbons (Fsp3) is 1.00. The van der Waals surface area contributed by atoms with Gasteiger partial charge in [0.15, 0.2) is 0 Å². The van der Waals surface area contributed by atoms with Gasteiger partial charge in [0.05, 0.1) is 35.7 Å². The second-order valence-electron chi connectivity index (χ2n) is 17.1. The van der Waals surface area contributed by atoms with Gasteiger partial charge in [-0.2, -0.15) is 46.8 Å². The van der Waals surface area contributed by atoms with Gasteiger partial charge >= 0.3 is 12.4 Å². The summed E-state index contributed by atoms with van der Waals surface area (Å²) in [6, 6.07) is -0.647. The van der Waals surface area contributed by atoms with Crippen LogP contribution in [0.2, 0.25) is 0 Å². The number of ether oxygens (including phenoxy) is 1. The maximum Gasteiger partial charge on any atom is 0.399 e. The molecule has 0 bridgehead atoms. The Morgan fingerprint density at radius 3 is 1.84 bits per heavy atom. The molecule has 55 heavy (non-hydrogen) atoms. The molecule has 7 rings (SSSR count). The molecule has 17 unspecified atom stereocenters. The summed E-state index contributed by atoms with van der Waals surface area (Å²) >= 11 is 6.21. The standard InChI is InChI=1S/C20H31ClF3N3O.C17H29F3N4O2.Zn/c21-16-9-11(20(22,23)24)10-25-19(16)27-26-17-14-7-3-1-5-12(14)13-6-2-4-8-15(13)18(17)28;1-9-21-15(13(17(18,19)20)16(22-9)26-2)24-23-14-11-6-4-3-5-10(11)7-8-12(14)25;/h11-19,25,28H,1-10H2;9-16,21-22,25H,3-8H2,1-2H3;. The van der Waals surface area contributed by atoms with Gasteiger partial charge in [0.2, 0.25) is 0 Å². The van der Waals surface area contributed by atoms with Crippen LogP contribution in [0.3, 0.4) is 0 Å². The summed E-state index contributed by atoms with van der Waals surface area (Å²) in [5, 5.41) is 46.3. The number of aliphatic hydroxyl groups is 2. The number of piperidine rings is 1. The number of nitrogens with one attached hydrogen (secondary N) is 3. The molecule has 0 aromatic carbocycles. The van der Waals surface area contributed by atoms with Crippen LogP contribution < -0.4 is 16.0 Å². The van der Waals surface area contributed by atoms with Crippen molar-refractivity contribution < 1.29 is 60.8 Å². The van der Waals surface area contributed by atoms with Crippen LogP contribution in [0.1, 0.15) is 103 Å². The molecule has 2 aliphatic heterocycles. The molecule has 5 N–H and O–H groups in total. The van der Waals surface area contributed by atoms with Gasteiger partial charge in [-0.05, 0) is 93.8 Å². The maximum atomic E-state index is 13.6. The fourth-order valence-electron chi connectivity index (χ4n) is 11.1. The number of halogens is 7. The van der Waals surface area contributed by atoms with Gasteiger partial charge < -0.3 is 14.9 Å². The summed E-state index contributed by atoms with van der Waals surface area (Å²) in [6.07, 6.45) is 1.89. The van der Waals surface area contributed by atoms with E-state index in [-0.39, 0.29) is 56.5 Å². The van der Waals surface area contributed by atoms with Crippen molar-refractivity contribution >= 4 is 11.6 Å². The van der Waals surface area contributed by atoms with Crippen LogP contribution in [-0.4, -0.2) is 90.6 Å². The van der Waals surface area contributed by atoms with Crippen LogP contribution in [0.5, 0.6) is 0 Å². The number of aliphatic hydroxyl groups excluding tert-OH is 2. The second-order valence-corrected chi connectivity index (χ2v) is 17.6. The van der Waals surface area contributed by atoms with E-state index in [4.69, 9.17) is 16.3 Å². The van der Waals surface area contributed by atoms with Crippen molar-refractivity contribution in [3.63, 3.8) is 0 Å². The van der Waals surface area contributed by atoms with Gasteiger partial charge in [-0.1, -0.05) is 44.9 Å². The normalized spacial score (nSPS) is 45.4. The van der Waals surface area contributed by atoms with Crippen molar-refractivity contribution in [1.29, 1.82) is 0 Å². The molecule has 5 aliphatic carbocycles. The second kappa shape index (κ2) is 19.7. The third kappa shape index (κ3) is 10.8. The van der Waals surface area contributed by atoms with E-state index in [0.717, 1.165) is 51.4 Å². The molecule has 0 aromatic heterocycles. The minimum absolute atomic E-state index is 0. The molecule has 2 heterocycles. The largest absolute Gasteiger partial charge is 0.399 e. The zero-order valence-corrected chi connectivity index (χ0v) is 35.8. The smallest absolute Gasteiger partial charge is 0.391 e. The van der Waals surface area contributed by atoms with Gasteiger partial charge in [0.25, 0.3) is 0 Å². The zero-order valence-electron chi connectivity index (χ0n) is 32.1. The van der Waals surface area contributed by atoms with Crippen molar-refractivity contribution in [2.75, 3.05) is 13.7 Å². The molecular formula is C37H60ClF6N7O3Zn. The van der Waals surface area contributed by atoms with Crippen LogP contribution in [0.15, 0.2) is 20.5 Å². The van der Waals surface area contributed by atoms with Gasteiger partial charge in [-0.25, -0.2) is 0 Å². The molecule has 17 atom stereocenters. The molecular weight excluding hydrogens is 805 g/mol. The van der Waals surface area contributed by atoms with E-state index in [0.29, 0.717) is 30.1 Å². The van der Waals surface area contributed by atoms with E-state index in [1.807, 2.05) is 0 Å². The SMILES string of the molecule is COC1NC(C)NC(N=NC2C(O)CCC3CCCCC32)C1C(F)(F)F.OC1C2CCCCC2C2CCCCC2C1N=NC1NCC(C(F)(F)F)CC1Cl.[Zn]. The molecule has 0 aromatic rings. The first-order valence-electron chi connectivity index (χ1n) is 20.4. The summed E-state index contributed by atoms with van der Waals surface area (Å²) in [5.41, 5.74) is 0. The van der Waals surface area contributed by atoms with Crippen LogP contribution >= 0.6 is 11.6 Å². The number of nitrogens with zero attached hydrogens (tertiary/aromatic N) is 4. The van der Waals surface area contributed by atoms with E-state index in [9.17, 15) is 36.6 Å². The first-order valence-corrected chi connectivity index (χ1v) is 20.8. The van der Waals surface area contributed by atoms with Crippen molar-refractivity contribution in [3.05, 3.63) is 0 Å². The van der Waals surface area contributed by atoms with Crippen LogP contribution in [0.4, 0.5) is 26.3 Å².